The average molecular weight is 273 g/mol. The van der Waals surface area contributed by atoms with Crippen LogP contribution in [0.3, 0.4) is 0 Å². The molecule has 1 heterocycles. The lowest BCUT2D eigenvalue weighted by Gasteiger charge is -2.32. The van der Waals surface area contributed by atoms with E-state index in [0.29, 0.717) is 13.0 Å². The van der Waals surface area contributed by atoms with E-state index < -0.39 is 5.92 Å². The average Bonchev–Trinajstić information content (AvgIpc) is 2.47. The molecule has 0 aliphatic carbocycles. The third-order valence-electron chi connectivity index (χ3n) is 4.01. The van der Waals surface area contributed by atoms with E-state index in [2.05, 4.69) is 19.1 Å². The zero-order valence-electron chi connectivity index (χ0n) is 12.6. The lowest BCUT2D eigenvalue weighted by molar-refractivity contribution is -0.135. The van der Waals surface area contributed by atoms with Crippen molar-refractivity contribution in [2.45, 2.75) is 40.0 Å². The SMILES string of the molecule is CCc1ccc(N2CCCC(C(=O)C(C)C)C2=O)cc1. The van der Waals surface area contributed by atoms with Gasteiger partial charge in [-0.15, -0.1) is 0 Å². The third-order valence-corrected chi connectivity index (χ3v) is 4.01. The largest absolute Gasteiger partial charge is 0.312 e. The molecule has 0 N–H and O–H groups in total. The van der Waals surface area contributed by atoms with E-state index in [4.69, 9.17) is 0 Å². The van der Waals surface area contributed by atoms with Crippen LogP contribution >= 0.6 is 0 Å². The predicted octanol–water partition coefficient (Wildman–Crippen LogP) is 3.22. The molecule has 20 heavy (non-hydrogen) atoms. The van der Waals surface area contributed by atoms with Gasteiger partial charge in [0, 0.05) is 18.2 Å². The molecule has 1 saturated heterocycles. The van der Waals surface area contributed by atoms with E-state index in [1.807, 2.05) is 26.0 Å². The second-order valence-corrected chi connectivity index (χ2v) is 5.76. The number of hydrogen-bond acceptors (Lipinski definition) is 2. The van der Waals surface area contributed by atoms with Gasteiger partial charge in [0.15, 0.2) is 0 Å². The van der Waals surface area contributed by atoms with Crippen molar-refractivity contribution in [3.05, 3.63) is 29.8 Å². The van der Waals surface area contributed by atoms with Gasteiger partial charge < -0.3 is 4.90 Å². The highest BCUT2D eigenvalue weighted by molar-refractivity contribution is 6.09. The number of ketones is 1. The van der Waals surface area contributed by atoms with Crippen LogP contribution in [0.25, 0.3) is 0 Å². The number of hydrogen-bond donors (Lipinski definition) is 0. The first-order valence-corrected chi connectivity index (χ1v) is 7.48. The molecule has 2 rings (SSSR count). The third kappa shape index (κ3) is 2.92. The zero-order valence-corrected chi connectivity index (χ0v) is 12.6. The monoisotopic (exact) mass is 273 g/mol. The molecule has 3 nitrogen and oxygen atoms in total. The van der Waals surface area contributed by atoms with Gasteiger partial charge in [0.25, 0.3) is 0 Å². The molecule has 3 heteroatoms. The van der Waals surface area contributed by atoms with Crippen molar-refractivity contribution in [3.8, 4) is 0 Å². The molecule has 0 spiro atoms. The Morgan fingerprint density at radius 1 is 1.30 bits per heavy atom. The molecule has 1 amide bonds. The fourth-order valence-corrected chi connectivity index (χ4v) is 2.71. The molecule has 1 aliphatic heterocycles. The summed E-state index contributed by atoms with van der Waals surface area (Å²) in [6.07, 6.45) is 2.58. The van der Waals surface area contributed by atoms with Gasteiger partial charge in [-0.1, -0.05) is 32.9 Å². The van der Waals surface area contributed by atoms with E-state index in [1.54, 1.807) is 4.90 Å². The second-order valence-electron chi connectivity index (χ2n) is 5.76. The molecule has 1 atom stereocenters. The molecule has 0 radical (unpaired) electrons. The number of Topliss-reactive ketones (excluding diaryl/α,β-unsaturated/α-hetero) is 1. The number of aryl methyl sites for hydroxylation is 1. The van der Waals surface area contributed by atoms with Crippen LogP contribution in [0.2, 0.25) is 0 Å². The fraction of sp³-hybridized carbons (Fsp3) is 0.529. The van der Waals surface area contributed by atoms with Crippen molar-refractivity contribution in [2.75, 3.05) is 11.4 Å². The Morgan fingerprint density at radius 2 is 1.95 bits per heavy atom. The van der Waals surface area contributed by atoms with Crippen molar-refractivity contribution >= 4 is 17.4 Å². The number of rotatable bonds is 4. The van der Waals surface area contributed by atoms with Crippen LogP contribution in [-0.4, -0.2) is 18.2 Å². The predicted molar refractivity (Wildman–Crippen MR) is 80.7 cm³/mol. The maximum Gasteiger partial charge on any atom is 0.237 e. The highest BCUT2D eigenvalue weighted by atomic mass is 16.2. The molecular formula is C17H23NO2. The first-order chi connectivity index (χ1) is 9.54. The lowest BCUT2D eigenvalue weighted by atomic mass is 9.87. The van der Waals surface area contributed by atoms with Gasteiger partial charge in [0.05, 0.1) is 5.92 Å². The standard InChI is InChI=1S/C17H23NO2/c1-4-13-7-9-14(10-8-13)18-11-5-6-15(17(18)20)16(19)12(2)3/h7-10,12,15H,4-6,11H2,1-3H3. The number of benzene rings is 1. The summed E-state index contributed by atoms with van der Waals surface area (Å²) in [5, 5.41) is 0. The Labute approximate surface area is 121 Å². The summed E-state index contributed by atoms with van der Waals surface area (Å²) in [6, 6.07) is 8.07. The smallest absolute Gasteiger partial charge is 0.237 e. The maximum absolute atomic E-state index is 12.5. The van der Waals surface area contributed by atoms with Crippen LogP contribution in [0.5, 0.6) is 0 Å². The first kappa shape index (κ1) is 14.8. The van der Waals surface area contributed by atoms with Gasteiger partial charge in [-0.3, -0.25) is 9.59 Å². The Kier molecular flexibility index (Phi) is 4.58. The maximum atomic E-state index is 12.5. The van der Waals surface area contributed by atoms with Crippen molar-refractivity contribution < 1.29 is 9.59 Å². The Bertz CT molecular complexity index is 490. The van der Waals surface area contributed by atoms with Gasteiger partial charge in [-0.05, 0) is 37.0 Å². The molecule has 0 saturated carbocycles. The normalized spacial score (nSPS) is 19.5. The highest BCUT2D eigenvalue weighted by Crippen LogP contribution is 2.27. The molecule has 1 aromatic carbocycles. The Hall–Kier alpha value is -1.64. The summed E-state index contributed by atoms with van der Waals surface area (Å²) >= 11 is 0. The summed E-state index contributed by atoms with van der Waals surface area (Å²) in [4.78, 5) is 26.4. The molecule has 108 valence electrons. The van der Waals surface area contributed by atoms with E-state index in [0.717, 1.165) is 18.5 Å². The number of nitrogens with zero attached hydrogens (tertiary/aromatic N) is 1. The number of carbonyl (C=O) groups excluding carboxylic acids is 2. The summed E-state index contributed by atoms with van der Waals surface area (Å²) in [6.45, 7) is 6.56. The van der Waals surface area contributed by atoms with Crippen LogP contribution in [-0.2, 0) is 16.0 Å². The van der Waals surface area contributed by atoms with E-state index in [-0.39, 0.29) is 17.6 Å². The lowest BCUT2D eigenvalue weighted by Crippen LogP contribution is -2.45. The van der Waals surface area contributed by atoms with E-state index in [9.17, 15) is 9.59 Å². The molecule has 1 unspecified atom stereocenters. The van der Waals surface area contributed by atoms with E-state index in [1.165, 1.54) is 5.56 Å². The minimum absolute atomic E-state index is 0.0285. The van der Waals surface area contributed by atoms with Crippen molar-refractivity contribution in [2.24, 2.45) is 11.8 Å². The zero-order chi connectivity index (χ0) is 14.7. The van der Waals surface area contributed by atoms with Crippen molar-refractivity contribution in [1.29, 1.82) is 0 Å². The number of carbonyl (C=O) groups is 2. The van der Waals surface area contributed by atoms with Gasteiger partial charge in [-0.2, -0.15) is 0 Å². The molecule has 1 fully saturated rings. The van der Waals surface area contributed by atoms with Crippen LogP contribution < -0.4 is 4.90 Å². The molecule has 0 bridgehead atoms. The number of anilines is 1. The quantitative estimate of drug-likeness (QED) is 0.790. The van der Waals surface area contributed by atoms with Gasteiger partial charge in [0.1, 0.15) is 5.78 Å². The molecule has 0 aromatic heterocycles. The summed E-state index contributed by atoms with van der Waals surface area (Å²) < 4.78 is 0. The van der Waals surface area contributed by atoms with Gasteiger partial charge in [0.2, 0.25) is 5.91 Å². The van der Waals surface area contributed by atoms with Crippen molar-refractivity contribution in [1.82, 2.24) is 0 Å². The van der Waals surface area contributed by atoms with Crippen LogP contribution in [0, 0.1) is 11.8 Å². The van der Waals surface area contributed by atoms with Crippen LogP contribution in [0.4, 0.5) is 5.69 Å². The highest BCUT2D eigenvalue weighted by Gasteiger charge is 2.35. The first-order valence-electron chi connectivity index (χ1n) is 7.48. The van der Waals surface area contributed by atoms with Gasteiger partial charge in [-0.25, -0.2) is 0 Å². The number of amides is 1. The minimum Gasteiger partial charge on any atom is -0.312 e. The topological polar surface area (TPSA) is 37.4 Å². The van der Waals surface area contributed by atoms with Crippen LogP contribution in [0.15, 0.2) is 24.3 Å². The minimum atomic E-state index is -0.449. The molecular weight excluding hydrogens is 250 g/mol. The molecule has 1 aromatic rings. The number of piperidine rings is 1. The summed E-state index contributed by atoms with van der Waals surface area (Å²) in [5.41, 5.74) is 2.17. The van der Waals surface area contributed by atoms with Crippen LogP contribution in [0.1, 0.15) is 39.2 Å². The molecule has 1 aliphatic rings. The Morgan fingerprint density at radius 3 is 2.50 bits per heavy atom. The summed E-state index contributed by atoms with van der Waals surface area (Å²) in [5.74, 6) is -0.481. The fourth-order valence-electron chi connectivity index (χ4n) is 2.71. The van der Waals surface area contributed by atoms with E-state index >= 15 is 0 Å². The Balaban J connectivity index is 2.19. The second kappa shape index (κ2) is 6.21. The van der Waals surface area contributed by atoms with Gasteiger partial charge >= 0.3 is 0 Å². The summed E-state index contributed by atoms with van der Waals surface area (Å²) in [7, 11) is 0. The van der Waals surface area contributed by atoms with Crippen molar-refractivity contribution in [3.63, 3.8) is 0 Å².